The number of aliphatic hydroxyl groups excluding tert-OH is 1. The van der Waals surface area contributed by atoms with Crippen LogP contribution in [-0.2, 0) is 0 Å². The van der Waals surface area contributed by atoms with Crippen molar-refractivity contribution in [1.82, 2.24) is 0 Å². The topological polar surface area (TPSA) is 20.2 Å². The highest BCUT2D eigenvalue weighted by Gasteiger charge is 2.11. The molecule has 0 aliphatic rings. The average molecular weight is 272 g/mol. The summed E-state index contributed by atoms with van der Waals surface area (Å²) >= 11 is 1.74. The van der Waals surface area contributed by atoms with E-state index in [-0.39, 0.29) is 6.10 Å². The van der Waals surface area contributed by atoms with Gasteiger partial charge in [0.2, 0.25) is 0 Å². The summed E-state index contributed by atoms with van der Waals surface area (Å²) in [5.41, 5.74) is 3.56. The summed E-state index contributed by atoms with van der Waals surface area (Å²) in [5, 5.41) is 10.1. The molecule has 0 fully saturated rings. The smallest absolute Gasteiger partial charge is 0.0798 e. The molecule has 19 heavy (non-hydrogen) atoms. The molecule has 0 aliphatic heterocycles. The Morgan fingerprint density at radius 2 is 1.79 bits per heavy atom. The summed E-state index contributed by atoms with van der Waals surface area (Å²) in [5.74, 6) is 0. The van der Waals surface area contributed by atoms with E-state index in [2.05, 4.69) is 38.1 Å². The average Bonchev–Trinajstić information content (AvgIpc) is 2.42. The van der Waals surface area contributed by atoms with Crippen molar-refractivity contribution in [2.75, 3.05) is 0 Å². The minimum absolute atomic E-state index is 0.381. The lowest BCUT2D eigenvalue weighted by Gasteiger charge is -2.14. The second-order valence-corrected chi connectivity index (χ2v) is 5.92. The predicted octanol–water partition coefficient (Wildman–Crippen LogP) is 4.90. The molecule has 0 bridgehead atoms. The highest BCUT2D eigenvalue weighted by Crippen LogP contribution is 2.36. The van der Waals surface area contributed by atoms with Crippen LogP contribution in [-0.4, -0.2) is 5.11 Å². The van der Waals surface area contributed by atoms with Gasteiger partial charge in [0.25, 0.3) is 0 Å². The first kappa shape index (κ1) is 14.2. The third-order valence-corrected chi connectivity index (χ3v) is 4.48. The van der Waals surface area contributed by atoms with Crippen LogP contribution in [0.2, 0.25) is 0 Å². The van der Waals surface area contributed by atoms with Crippen LogP contribution >= 0.6 is 11.8 Å². The minimum atomic E-state index is -0.381. The van der Waals surface area contributed by atoms with Gasteiger partial charge >= 0.3 is 0 Å². The van der Waals surface area contributed by atoms with Crippen LogP contribution in [0, 0.1) is 13.8 Å². The van der Waals surface area contributed by atoms with Crippen LogP contribution in [0.4, 0.5) is 0 Å². The van der Waals surface area contributed by atoms with Gasteiger partial charge in [-0.05, 0) is 49.1 Å². The molecule has 0 amide bonds. The quantitative estimate of drug-likeness (QED) is 0.854. The van der Waals surface area contributed by atoms with Gasteiger partial charge in [0, 0.05) is 9.79 Å². The lowest BCUT2D eigenvalue weighted by atomic mass is 10.1. The Balaban J connectivity index is 2.35. The summed E-state index contributed by atoms with van der Waals surface area (Å²) in [6.07, 6.45) is 0.360. The van der Waals surface area contributed by atoms with Gasteiger partial charge in [-0.15, -0.1) is 0 Å². The lowest BCUT2D eigenvalue weighted by molar-refractivity contribution is 0.171. The van der Waals surface area contributed by atoms with Crippen molar-refractivity contribution < 1.29 is 5.11 Å². The maximum atomic E-state index is 10.1. The van der Waals surface area contributed by atoms with E-state index in [1.807, 2.05) is 25.1 Å². The molecular weight excluding hydrogens is 252 g/mol. The molecule has 0 aromatic heterocycles. The van der Waals surface area contributed by atoms with E-state index in [4.69, 9.17) is 0 Å². The highest BCUT2D eigenvalue weighted by atomic mass is 32.2. The van der Waals surface area contributed by atoms with E-state index in [9.17, 15) is 5.11 Å². The van der Waals surface area contributed by atoms with Gasteiger partial charge < -0.3 is 5.11 Å². The SMILES string of the molecule is CC[C@H](O)c1ccccc1Sc1cc(C)ccc1C. The van der Waals surface area contributed by atoms with Crippen LogP contribution in [0.15, 0.2) is 52.3 Å². The van der Waals surface area contributed by atoms with Gasteiger partial charge in [0.05, 0.1) is 6.10 Å². The Hall–Kier alpha value is -1.25. The predicted molar refractivity (Wildman–Crippen MR) is 81.7 cm³/mol. The standard InChI is InChI=1S/C17H20OS/c1-4-15(18)14-7-5-6-8-16(14)19-17-11-12(2)9-10-13(17)3/h5-11,15,18H,4H2,1-3H3/t15-/m0/s1. The molecule has 2 aromatic carbocycles. The number of rotatable bonds is 4. The van der Waals surface area contributed by atoms with Gasteiger partial charge in [0.15, 0.2) is 0 Å². The molecule has 1 atom stereocenters. The number of hydrogen-bond donors (Lipinski definition) is 1. The molecule has 0 saturated carbocycles. The van der Waals surface area contributed by atoms with E-state index in [1.54, 1.807) is 11.8 Å². The molecule has 2 heteroatoms. The van der Waals surface area contributed by atoms with Crippen molar-refractivity contribution in [3.05, 3.63) is 59.2 Å². The molecule has 1 N–H and O–H groups in total. The highest BCUT2D eigenvalue weighted by molar-refractivity contribution is 7.99. The van der Waals surface area contributed by atoms with Crippen LogP contribution in [0.25, 0.3) is 0 Å². The summed E-state index contributed by atoms with van der Waals surface area (Å²) in [7, 11) is 0. The summed E-state index contributed by atoms with van der Waals surface area (Å²) in [6.45, 7) is 6.24. The first-order valence-electron chi connectivity index (χ1n) is 6.64. The zero-order valence-corrected chi connectivity index (χ0v) is 12.5. The molecule has 0 saturated heterocycles. The number of hydrogen-bond acceptors (Lipinski definition) is 2. The Bertz CT molecular complexity index is 563. The van der Waals surface area contributed by atoms with Crippen LogP contribution < -0.4 is 0 Å². The molecule has 0 heterocycles. The van der Waals surface area contributed by atoms with E-state index in [0.717, 1.165) is 16.9 Å². The first-order chi connectivity index (χ1) is 9.11. The largest absolute Gasteiger partial charge is 0.388 e. The summed E-state index contributed by atoms with van der Waals surface area (Å²) in [6, 6.07) is 14.6. The van der Waals surface area contributed by atoms with Crippen molar-refractivity contribution in [1.29, 1.82) is 0 Å². The zero-order chi connectivity index (χ0) is 13.8. The maximum Gasteiger partial charge on any atom is 0.0798 e. The maximum absolute atomic E-state index is 10.1. The molecule has 0 unspecified atom stereocenters. The van der Waals surface area contributed by atoms with Gasteiger partial charge in [-0.3, -0.25) is 0 Å². The molecule has 2 rings (SSSR count). The van der Waals surface area contributed by atoms with E-state index < -0.39 is 0 Å². The monoisotopic (exact) mass is 272 g/mol. The van der Waals surface area contributed by atoms with Gasteiger partial charge in [-0.1, -0.05) is 49.0 Å². The normalized spacial score (nSPS) is 12.4. The molecule has 1 nitrogen and oxygen atoms in total. The number of benzene rings is 2. The molecule has 100 valence electrons. The molecule has 0 radical (unpaired) electrons. The van der Waals surface area contributed by atoms with Gasteiger partial charge in [-0.2, -0.15) is 0 Å². The third kappa shape index (κ3) is 3.40. The minimum Gasteiger partial charge on any atom is -0.388 e. The second-order valence-electron chi connectivity index (χ2n) is 4.83. The Morgan fingerprint density at radius 3 is 2.53 bits per heavy atom. The van der Waals surface area contributed by atoms with Crippen LogP contribution in [0.5, 0.6) is 0 Å². The molecule has 0 spiro atoms. The van der Waals surface area contributed by atoms with Crippen LogP contribution in [0.1, 0.15) is 36.1 Å². The van der Waals surface area contributed by atoms with Crippen molar-refractivity contribution >= 4 is 11.8 Å². The number of aryl methyl sites for hydroxylation is 2. The van der Waals surface area contributed by atoms with E-state index in [1.165, 1.54) is 16.0 Å². The molecule has 2 aromatic rings. The second kappa shape index (κ2) is 6.27. The Labute approximate surface area is 119 Å². The van der Waals surface area contributed by atoms with Crippen molar-refractivity contribution in [3.8, 4) is 0 Å². The van der Waals surface area contributed by atoms with E-state index >= 15 is 0 Å². The Morgan fingerprint density at radius 1 is 1.05 bits per heavy atom. The zero-order valence-electron chi connectivity index (χ0n) is 11.7. The van der Waals surface area contributed by atoms with Crippen molar-refractivity contribution in [2.24, 2.45) is 0 Å². The van der Waals surface area contributed by atoms with Crippen LogP contribution in [0.3, 0.4) is 0 Å². The van der Waals surface area contributed by atoms with Crippen molar-refractivity contribution in [2.45, 2.75) is 43.1 Å². The van der Waals surface area contributed by atoms with E-state index in [0.29, 0.717) is 0 Å². The Kier molecular flexibility index (Phi) is 4.67. The lowest BCUT2D eigenvalue weighted by Crippen LogP contribution is -1.97. The molecule has 0 aliphatic carbocycles. The number of aliphatic hydroxyl groups is 1. The molecular formula is C17H20OS. The fourth-order valence-electron chi connectivity index (χ4n) is 2.00. The summed E-state index contributed by atoms with van der Waals surface area (Å²) < 4.78 is 0. The fourth-order valence-corrected chi connectivity index (χ4v) is 3.18. The van der Waals surface area contributed by atoms with Gasteiger partial charge in [-0.25, -0.2) is 0 Å². The van der Waals surface area contributed by atoms with Crippen molar-refractivity contribution in [3.63, 3.8) is 0 Å². The first-order valence-corrected chi connectivity index (χ1v) is 7.45. The van der Waals surface area contributed by atoms with Gasteiger partial charge in [0.1, 0.15) is 0 Å². The summed E-state index contributed by atoms with van der Waals surface area (Å²) in [4.78, 5) is 2.40. The third-order valence-electron chi connectivity index (χ3n) is 3.23. The fraction of sp³-hybridized carbons (Fsp3) is 0.294.